The van der Waals surface area contributed by atoms with Crippen LogP contribution in [0.3, 0.4) is 0 Å². The summed E-state index contributed by atoms with van der Waals surface area (Å²) in [5, 5.41) is 0. The molecule has 3 unspecified atom stereocenters. The van der Waals surface area contributed by atoms with E-state index in [4.69, 9.17) is 4.98 Å². The number of anilines is 1. The molecule has 33 heavy (non-hydrogen) atoms. The maximum Gasteiger partial charge on any atom is 0.222 e. The van der Waals surface area contributed by atoms with Crippen molar-refractivity contribution in [3.63, 3.8) is 0 Å². The van der Waals surface area contributed by atoms with E-state index in [2.05, 4.69) is 14.8 Å². The summed E-state index contributed by atoms with van der Waals surface area (Å²) in [6, 6.07) is 0. The zero-order chi connectivity index (χ0) is 22.2. The first-order valence-electron chi connectivity index (χ1n) is 14.1. The van der Waals surface area contributed by atoms with E-state index in [1.165, 1.54) is 74.9 Å². The van der Waals surface area contributed by atoms with E-state index < -0.39 is 0 Å². The second kappa shape index (κ2) is 9.54. The van der Waals surface area contributed by atoms with E-state index in [9.17, 15) is 4.79 Å². The van der Waals surface area contributed by atoms with Crippen LogP contribution in [0.25, 0.3) is 0 Å². The first-order valence-corrected chi connectivity index (χ1v) is 14.1. The van der Waals surface area contributed by atoms with Gasteiger partial charge in [0.2, 0.25) is 5.91 Å². The Hall–Kier alpha value is -1.65. The van der Waals surface area contributed by atoms with Gasteiger partial charge in [0, 0.05) is 43.9 Å². The van der Waals surface area contributed by atoms with Crippen LogP contribution >= 0.6 is 0 Å². The molecule has 6 rings (SSSR count). The highest BCUT2D eigenvalue weighted by molar-refractivity contribution is 5.76. The normalized spacial score (nSPS) is 34.2. The molecule has 2 saturated carbocycles. The molecule has 1 aromatic heterocycles. The minimum absolute atomic E-state index is 0.466. The lowest BCUT2D eigenvalue weighted by Crippen LogP contribution is -2.38. The molecule has 5 heteroatoms. The molecule has 0 spiro atoms. The molecule has 5 aliphatic rings. The highest BCUT2D eigenvalue weighted by Crippen LogP contribution is 2.45. The number of fused-ring (bicyclic) bond motifs is 3. The highest BCUT2D eigenvalue weighted by atomic mass is 16.2. The predicted octanol–water partition coefficient (Wildman–Crippen LogP) is 5.03. The SMILES string of the molecule is O=C(CC1CCCC2CCCCC21)N1CC[C@@H]2CN(c3ncnc4c3CCCC4)C[C@@H]2CC1. The second-order valence-corrected chi connectivity index (χ2v) is 11.8. The molecule has 0 aromatic carbocycles. The lowest BCUT2D eigenvalue weighted by Gasteiger charge is -2.41. The topological polar surface area (TPSA) is 49.3 Å². The van der Waals surface area contributed by atoms with E-state index in [1.54, 1.807) is 6.33 Å². The lowest BCUT2D eigenvalue weighted by atomic mass is 9.64. The van der Waals surface area contributed by atoms with Gasteiger partial charge < -0.3 is 9.80 Å². The molecule has 1 aromatic rings. The third kappa shape index (κ3) is 4.41. The van der Waals surface area contributed by atoms with Gasteiger partial charge in [-0.15, -0.1) is 0 Å². The summed E-state index contributed by atoms with van der Waals surface area (Å²) in [6.45, 7) is 4.16. The van der Waals surface area contributed by atoms with Crippen LogP contribution in [-0.4, -0.2) is 47.0 Å². The molecule has 0 radical (unpaired) electrons. The molecule has 3 heterocycles. The largest absolute Gasteiger partial charge is 0.356 e. The third-order valence-corrected chi connectivity index (χ3v) is 10.0. The van der Waals surface area contributed by atoms with Crippen molar-refractivity contribution in [2.75, 3.05) is 31.1 Å². The summed E-state index contributed by atoms with van der Waals surface area (Å²) in [5.74, 6) is 5.53. The van der Waals surface area contributed by atoms with Crippen molar-refractivity contribution in [1.29, 1.82) is 0 Å². The van der Waals surface area contributed by atoms with Crippen LogP contribution in [0.2, 0.25) is 0 Å². The Kier molecular flexibility index (Phi) is 6.32. The van der Waals surface area contributed by atoms with Crippen LogP contribution in [0.1, 0.15) is 88.3 Å². The van der Waals surface area contributed by atoms with Gasteiger partial charge in [-0.2, -0.15) is 0 Å². The average molecular weight is 451 g/mol. The number of carbonyl (C=O) groups excluding carboxylic acids is 1. The van der Waals surface area contributed by atoms with Gasteiger partial charge in [-0.3, -0.25) is 4.79 Å². The standard InChI is InChI=1S/C28H42N4O/c33-27(16-21-8-5-7-20-6-1-2-9-24(20)21)31-14-12-22-17-32(18-23(22)13-15-31)28-25-10-3-4-11-26(25)29-19-30-28/h19-24H,1-18H2/t20?,21?,22-,23+,24?. The van der Waals surface area contributed by atoms with Crippen molar-refractivity contribution in [3.05, 3.63) is 17.6 Å². The molecule has 0 bridgehead atoms. The molecule has 0 N–H and O–H groups in total. The fraction of sp³-hybridized carbons (Fsp3) is 0.821. The summed E-state index contributed by atoms with van der Waals surface area (Å²) in [5.41, 5.74) is 2.71. The number of aromatic nitrogens is 2. The Balaban J connectivity index is 1.06. The van der Waals surface area contributed by atoms with Gasteiger partial charge in [0.25, 0.3) is 0 Å². The maximum absolute atomic E-state index is 13.4. The van der Waals surface area contributed by atoms with Crippen molar-refractivity contribution in [2.24, 2.45) is 29.6 Å². The lowest BCUT2D eigenvalue weighted by molar-refractivity contribution is -0.133. The van der Waals surface area contributed by atoms with Gasteiger partial charge >= 0.3 is 0 Å². The monoisotopic (exact) mass is 450 g/mol. The molecule has 5 atom stereocenters. The van der Waals surface area contributed by atoms with E-state index in [1.807, 2.05) is 0 Å². The average Bonchev–Trinajstić information content (AvgIpc) is 3.16. The van der Waals surface area contributed by atoms with Gasteiger partial charge in [0.1, 0.15) is 12.1 Å². The Morgan fingerprint density at radius 2 is 1.58 bits per heavy atom. The number of nitrogens with zero attached hydrogens (tertiary/aromatic N) is 4. The van der Waals surface area contributed by atoms with Crippen LogP contribution in [0.4, 0.5) is 5.82 Å². The Labute approximate surface area is 199 Å². The molecule has 180 valence electrons. The number of rotatable bonds is 3. The number of amides is 1. The first kappa shape index (κ1) is 21.9. The quantitative estimate of drug-likeness (QED) is 0.648. The van der Waals surface area contributed by atoms with Crippen LogP contribution in [0.5, 0.6) is 0 Å². The summed E-state index contributed by atoms with van der Waals surface area (Å²) in [4.78, 5) is 27.5. The molecule has 4 fully saturated rings. The van der Waals surface area contributed by atoms with Gasteiger partial charge in [0.15, 0.2) is 0 Å². The van der Waals surface area contributed by atoms with E-state index >= 15 is 0 Å². The van der Waals surface area contributed by atoms with Crippen molar-refractivity contribution < 1.29 is 4.79 Å². The predicted molar refractivity (Wildman–Crippen MR) is 131 cm³/mol. The zero-order valence-corrected chi connectivity index (χ0v) is 20.4. The molecule has 2 saturated heterocycles. The number of likely N-dealkylation sites (tertiary alicyclic amines) is 1. The number of hydrogen-bond acceptors (Lipinski definition) is 4. The fourth-order valence-corrected chi connectivity index (χ4v) is 8.23. The summed E-state index contributed by atoms with van der Waals surface area (Å²) in [7, 11) is 0. The Morgan fingerprint density at radius 3 is 2.42 bits per heavy atom. The minimum atomic E-state index is 0.466. The van der Waals surface area contributed by atoms with E-state index in [0.29, 0.717) is 23.7 Å². The van der Waals surface area contributed by atoms with Crippen molar-refractivity contribution in [2.45, 2.75) is 89.9 Å². The molecule has 2 aliphatic heterocycles. The minimum Gasteiger partial charge on any atom is -0.356 e. The Morgan fingerprint density at radius 1 is 0.818 bits per heavy atom. The summed E-state index contributed by atoms with van der Waals surface area (Å²) < 4.78 is 0. The highest BCUT2D eigenvalue weighted by Gasteiger charge is 2.39. The smallest absolute Gasteiger partial charge is 0.222 e. The number of aryl methyl sites for hydroxylation is 1. The van der Waals surface area contributed by atoms with Crippen LogP contribution < -0.4 is 4.90 Å². The van der Waals surface area contributed by atoms with Gasteiger partial charge in [-0.25, -0.2) is 9.97 Å². The molecular weight excluding hydrogens is 408 g/mol. The first-order chi connectivity index (χ1) is 16.3. The van der Waals surface area contributed by atoms with Crippen molar-refractivity contribution >= 4 is 11.7 Å². The summed E-state index contributed by atoms with van der Waals surface area (Å²) >= 11 is 0. The van der Waals surface area contributed by atoms with Crippen LogP contribution in [0, 0.1) is 29.6 Å². The third-order valence-electron chi connectivity index (χ3n) is 10.0. The molecule has 1 amide bonds. The van der Waals surface area contributed by atoms with Gasteiger partial charge in [-0.1, -0.05) is 32.1 Å². The molecule has 5 nitrogen and oxygen atoms in total. The number of hydrogen-bond donors (Lipinski definition) is 0. The fourth-order valence-electron chi connectivity index (χ4n) is 8.23. The summed E-state index contributed by atoms with van der Waals surface area (Å²) in [6.07, 6.45) is 19.4. The van der Waals surface area contributed by atoms with E-state index in [0.717, 1.165) is 70.1 Å². The van der Waals surface area contributed by atoms with Crippen molar-refractivity contribution in [1.82, 2.24) is 14.9 Å². The number of carbonyl (C=O) groups is 1. The molecular formula is C28H42N4O. The Bertz CT molecular complexity index is 838. The van der Waals surface area contributed by atoms with Gasteiger partial charge in [-0.05, 0) is 81.0 Å². The van der Waals surface area contributed by atoms with E-state index in [-0.39, 0.29) is 0 Å². The van der Waals surface area contributed by atoms with Crippen LogP contribution in [0.15, 0.2) is 6.33 Å². The second-order valence-electron chi connectivity index (χ2n) is 11.8. The van der Waals surface area contributed by atoms with Crippen molar-refractivity contribution in [3.8, 4) is 0 Å². The molecule has 3 aliphatic carbocycles. The van der Waals surface area contributed by atoms with Crippen LogP contribution in [-0.2, 0) is 17.6 Å². The maximum atomic E-state index is 13.4. The zero-order valence-electron chi connectivity index (χ0n) is 20.4. The van der Waals surface area contributed by atoms with Gasteiger partial charge in [0.05, 0.1) is 0 Å².